The Morgan fingerprint density at radius 2 is 1.83 bits per heavy atom. The number of nitrogens with one attached hydrogen (secondary N) is 2. The van der Waals surface area contributed by atoms with Crippen LogP contribution in [0.5, 0.6) is 5.75 Å². The summed E-state index contributed by atoms with van der Waals surface area (Å²) in [4.78, 5) is 33.8. The standard InChI is InChI=1S/C20H27N7O3/c1-24-10-12-26(13-11-24)23-19-21-17-16(18(28)22-20(29)25(17)2)27(19)9-6-14-30-15-7-4-3-5-8-15/h3-5,7-8H,6,9-14H2,1-2H3,(H,21,23)(H,22,28,29). The molecule has 0 aliphatic carbocycles. The highest BCUT2D eigenvalue weighted by atomic mass is 16.5. The van der Waals surface area contributed by atoms with Crippen molar-refractivity contribution in [1.29, 1.82) is 0 Å². The lowest BCUT2D eigenvalue weighted by molar-refractivity contribution is 0.177. The maximum atomic E-state index is 12.6. The van der Waals surface area contributed by atoms with Crippen molar-refractivity contribution in [3.63, 3.8) is 0 Å². The number of imidazole rings is 1. The first-order valence-electron chi connectivity index (χ1n) is 10.1. The van der Waals surface area contributed by atoms with E-state index in [0.29, 0.717) is 36.7 Å². The molecule has 1 fully saturated rings. The van der Waals surface area contributed by atoms with Gasteiger partial charge in [0, 0.05) is 39.8 Å². The molecular weight excluding hydrogens is 386 g/mol. The first-order valence-corrected chi connectivity index (χ1v) is 10.1. The number of aromatic amines is 1. The summed E-state index contributed by atoms with van der Waals surface area (Å²) in [6.07, 6.45) is 0.681. The van der Waals surface area contributed by atoms with Gasteiger partial charge in [0.25, 0.3) is 5.56 Å². The number of hydrazine groups is 1. The third kappa shape index (κ3) is 4.24. The number of piperazine rings is 1. The molecule has 0 atom stereocenters. The van der Waals surface area contributed by atoms with E-state index in [1.54, 1.807) is 7.05 Å². The van der Waals surface area contributed by atoms with Gasteiger partial charge < -0.3 is 14.2 Å². The molecule has 0 unspecified atom stereocenters. The summed E-state index contributed by atoms with van der Waals surface area (Å²) >= 11 is 0. The van der Waals surface area contributed by atoms with Crippen LogP contribution in [0.1, 0.15) is 6.42 Å². The molecule has 3 heterocycles. The number of likely N-dealkylation sites (N-methyl/N-ethyl adjacent to an activating group) is 1. The molecule has 10 heteroatoms. The zero-order valence-electron chi connectivity index (χ0n) is 17.3. The van der Waals surface area contributed by atoms with Crippen LogP contribution in [0.25, 0.3) is 11.2 Å². The van der Waals surface area contributed by atoms with Crippen LogP contribution in [0.4, 0.5) is 5.95 Å². The minimum absolute atomic E-state index is 0.365. The van der Waals surface area contributed by atoms with Crippen LogP contribution in [0.15, 0.2) is 39.9 Å². The Kier molecular flexibility index (Phi) is 5.86. The van der Waals surface area contributed by atoms with Crippen molar-refractivity contribution >= 4 is 17.1 Å². The van der Waals surface area contributed by atoms with Crippen molar-refractivity contribution in [2.75, 3.05) is 45.3 Å². The number of hydrogen-bond donors (Lipinski definition) is 2. The van der Waals surface area contributed by atoms with Crippen LogP contribution in [0, 0.1) is 0 Å². The van der Waals surface area contributed by atoms with Gasteiger partial charge in [-0.2, -0.15) is 4.98 Å². The van der Waals surface area contributed by atoms with Gasteiger partial charge in [0.2, 0.25) is 5.95 Å². The third-order valence-electron chi connectivity index (χ3n) is 5.31. The van der Waals surface area contributed by atoms with Crippen molar-refractivity contribution in [3.8, 4) is 5.75 Å². The average molecular weight is 413 g/mol. The Balaban J connectivity index is 1.57. The summed E-state index contributed by atoms with van der Waals surface area (Å²) in [6.45, 7) is 4.59. The second-order valence-corrected chi connectivity index (χ2v) is 7.49. The first kappa shape index (κ1) is 20.2. The molecule has 0 radical (unpaired) electrons. The fraction of sp³-hybridized carbons (Fsp3) is 0.450. The number of hydrogen-bond acceptors (Lipinski definition) is 7. The van der Waals surface area contributed by atoms with Crippen molar-refractivity contribution in [2.24, 2.45) is 7.05 Å². The number of nitrogens with zero attached hydrogens (tertiary/aromatic N) is 5. The largest absolute Gasteiger partial charge is 0.494 e. The molecule has 1 aliphatic rings. The number of benzene rings is 1. The van der Waals surface area contributed by atoms with Gasteiger partial charge in [-0.1, -0.05) is 18.2 Å². The minimum atomic E-state index is -0.476. The Labute approximate surface area is 173 Å². The number of aromatic nitrogens is 4. The SMILES string of the molecule is CN1CCN(Nc2nc3c(c(=O)[nH]c(=O)n3C)n2CCCOc2ccccc2)CC1. The van der Waals surface area contributed by atoms with E-state index < -0.39 is 11.2 Å². The van der Waals surface area contributed by atoms with Crippen molar-refractivity contribution in [1.82, 2.24) is 29.0 Å². The Bertz CT molecular complexity index is 1110. The number of H-pyrrole nitrogens is 1. The molecule has 1 aliphatic heterocycles. The van der Waals surface area contributed by atoms with Crippen LogP contribution < -0.4 is 21.4 Å². The number of anilines is 1. The van der Waals surface area contributed by atoms with Gasteiger partial charge in [0.1, 0.15) is 5.75 Å². The zero-order valence-corrected chi connectivity index (χ0v) is 17.3. The number of rotatable bonds is 7. The molecule has 2 aromatic heterocycles. The first-order chi connectivity index (χ1) is 14.5. The monoisotopic (exact) mass is 413 g/mol. The number of fused-ring (bicyclic) bond motifs is 1. The van der Waals surface area contributed by atoms with Gasteiger partial charge in [-0.3, -0.25) is 19.8 Å². The van der Waals surface area contributed by atoms with Gasteiger partial charge >= 0.3 is 5.69 Å². The van der Waals surface area contributed by atoms with Crippen LogP contribution in [0.3, 0.4) is 0 Å². The summed E-state index contributed by atoms with van der Waals surface area (Å²) < 4.78 is 8.98. The lowest BCUT2D eigenvalue weighted by atomic mass is 10.3. The van der Waals surface area contributed by atoms with Crippen LogP contribution in [-0.2, 0) is 13.6 Å². The quantitative estimate of drug-likeness (QED) is 0.543. The maximum Gasteiger partial charge on any atom is 0.329 e. The van der Waals surface area contributed by atoms with Gasteiger partial charge in [-0.15, -0.1) is 0 Å². The van der Waals surface area contributed by atoms with Gasteiger partial charge in [0.05, 0.1) is 6.61 Å². The van der Waals surface area contributed by atoms with E-state index in [1.165, 1.54) is 4.57 Å². The molecule has 10 nitrogen and oxygen atoms in total. The fourth-order valence-corrected chi connectivity index (χ4v) is 3.53. The summed E-state index contributed by atoms with van der Waals surface area (Å²) in [6, 6.07) is 9.62. The number of para-hydroxylation sites is 1. The molecule has 1 aromatic carbocycles. The molecule has 0 bridgehead atoms. The normalized spacial score (nSPS) is 15.5. The van der Waals surface area contributed by atoms with Crippen LogP contribution in [0.2, 0.25) is 0 Å². The Hall–Kier alpha value is -3.11. The summed E-state index contributed by atoms with van der Waals surface area (Å²) in [5, 5.41) is 2.09. The summed E-state index contributed by atoms with van der Waals surface area (Å²) in [5.74, 6) is 1.37. The van der Waals surface area contributed by atoms with E-state index in [-0.39, 0.29) is 0 Å². The predicted molar refractivity (Wildman–Crippen MR) is 115 cm³/mol. The second kappa shape index (κ2) is 8.72. The molecule has 30 heavy (non-hydrogen) atoms. The van der Waals surface area contributed by atoms with E-state index >= 15 is 0 Å². The highest BCUT2D eigenvalue weighted by Gasteiger charge is 2.20. The summed E-state index contributed by atoms with van der Waals surface area (Å²) in [5.41, 5.74) is 3.18. The minimum Gasteiger partial charge on any atom is -0.494 e. The predicted octanol–water partition coefficient (Wildman–Crippen LogP) is 0.467. The number of ether oxygens (including phenoxy) is 1. The van der Waals surface area contributed by atoms with Crippen molar-refractivity contribution < 1.29 is 4.74 Å². The van der Waals surface area contributed by atoms with Crippen LogP contribution in [-0.4, -0.2) is 68.8 Å². The fourth-order valence-electron chi connectivity index (χ4n) is 3.53. The molecule has 0 saturated carbocycles. The number of aryl methyl sites for hydroxylation is 2. The average Bonchev–Trinajstić information content (AvgIpc) is 3.11. The topological polar surface area (TPSA) is 100 Å². The van der Waals surface area contributed by atoms with E-state index in [2.05, 4.69) is 32.4 Å². The lowest BCUT2D eigenvalue weighted by Gasteiger charge is -2.32. The van der Waals surface area contributed by atoms with Gasteiger partial charge in [-0.05, 0) is 25.6 Å². The molecule has 2 N–H and O–H groups in total. The van der Waals surface area contributed by atoms with Crippen molar-refractivity contribution in [2.45, 2.75) is 13.0 Å². The van der Waals surface area contributed by atoms with E-state index in [9.17, 15) is 9.59 Å². The smallest absolute Gasteiger partial charge is 0.329 e. The van der Waals surface area contributed by atoms with Crippen molar-refractivity contribution in [3.05, 3.63) is 51.2 Å². The highest BCUT2D eigenvalue weighted by molar-refractivity contribution is 5.74. The highest BCUT2D eigenvalue weighted by Crippen LogP contribution is 2.17. The molecule has 160 valence electrons. The van der Waals surface area contributed by atoms with E-state index in [0.717, 1.165) is 31.9 Å². The van der Waals surface area contributed by atoms with Gasteiger partial charge in [-0.25, -0.2) is 9.80 Å². The van der Waals surface area contributed by atoms with Gasteiger partial charge in [0.15, 0.2) is 11.2 Å². The molecule has 3 aromatic rings. The van der Waals surface area contributed by atoms with Crippen LogP contribution >= 0.6 is 0 Å². The van der Waals surface area contributed by atoms with E-state index in [1.807, 2.05) is 34.9 Å². The Morgan fingerprint density at radius 1 is 1.10 bits per heavy atom. The zero-order chi connectivity index (χ0) is 21.1. The van der Waals surface area contributed by atoms with E-state index in [4.69, 9.17) is 4.74 Å². The summed E-state index contributed by atoms with van der Waals surface area (Å²) in [7, 11) is 3.70. The third-order valence-corrected chi connectivity index (χ3v) is 5.31. The molecule has 0 spiro atoms. The second-order valence-electron chi connectivity index (χ2n) is 7.49. The molecule has 1 saturated heterocycles. The molecule has 0 amide bonds. The molecule has 4 rings (SSSR count). The maximum absolute atomic E-state index is 12.6. The lowest BCUT2D eigenvalue weighted by Crippen LogP contribution is -2.47. The Morgan fingerprint density at radius 3 is 2.57 bits per heavy atom. The molecular formula is C20H27N7O3.